The average molecular weight is 329 g/mol. The van der Waals surface area contributed by atoms with E-state index in [1.165, 1.54) is 6.07 Å². The van der Waals surface area contributed by atoms with Gasteiger partial charge >= 0.3 is 0 Å². The summed E-state index contributed by atoms with van der Waals surface area (Å²) in [4.78, 5) is 11.7. The van der Waals surface area contributed by atoms with Crippen LogP contribution in [0.4, 0.5) is 0 Å². The number of unbranched alkanes of at least 4 members (excludes halogenated alkanes) is 1. The first kappa shape index (κ1) is 15.5. The molecule has 0 aromatic heterocycles. The number of oxime groups is 1. The number of phenols is 1. The van der Waals surface area contributed by atoms with Crippen LogP contribution in [-0.4, -0.2) is 28.5 Å². The van der Waals surface area contributed by atoms with Gasteiger partial charge in [-0.2, -0.15) is 0 Å². The molecule has 0 aliphatic heterocycles. The first-order valence-electron chi connectivity index (χ1n) is 6.05. The number of carbonyl (C=O) groups is 1. The summed E-state index contributed by atoms with van der Waals surface area (Å²) in [5.41, 5.74) is 0.816. The Morgan fingerprint density at radius 3 is 2.79 bits per heavy atom. The fourth-order valence-electron chi connectivity index (χ4n) is 1.50. The Kier molecular flexibility index (Phi) is 6.35. The van der Waals surface area contributed by atoms with Gasteiger partial charge in [0.2, 0.25) is 0 Å². The van der Waals surface area contributed by atoms with E-state index in [-0.39, 0.29) is 23.8 Å². The third-order valence-corrected chi connectivity index (χ3v) is 3.22. The number of nitrogens with one attached hydrogen (secondary N) is 1. The number of phenolic OH excluding ortho intramolecular Hbond substituents is 1. The number of aromatic hydroxyl groups is 1. The van der Waals surface area contributed by atoms with Gasteiger partial charge in [0.15, 0.2) is 0 Å². The number of rotatable bonds is 6. The van der Waals surface area contributed by atoms with Crippen molar-refractivity contribution in [2.45, 2.75) is 26.2 Å². The quantitative estimate of drug-likeness (QED) is 0.324. The van der Waals surface area contributed by atoms with Gasteiger partial charge in [-0.1, -0.05) is 24.6 Å². The molecule has 0 radical (unpaired) electrons. The van der Waals surface area contributed by atoms with Crippen LogP contribution in [0.3, 0.4) is 0 Å². The van der Waals surface area contributed by atoms with Crippen LogP contribution >= 0.6 is 15.9 Å². The van der Waals surface area contributed by atoms with E-state index < -0.39 is 0 Å². The molecule has 1 aromatic carbocycles. The van der Waals surface area contributed by atoms with Crippen LogP contribution in [0.1, 0.15) is 25.3 Å². The zero-order valence-corrected chi connectivity index (χ0v) is 12.3. The number of carbonyl (C=O) groups excluding carboxylic acids is 1. The number of amides is 1. The molecule has 0 unspecified atom stereocenters. The van der Waals surface area contributed by atoms with E-state index in [1.54, 1.807) is 12.1 Å². The van der Waals surface area contributed by atoms with Crippen molar-refractivity contribution >= 4 is 27.5 Å². The van der Waals surface area contributed by atoms with Crippen LogP contribution in [0.25, 0.3) is 0 Å². The van der Waals surface area contributed by atoms with Crippen LogP contribution < -0.4 is 5.32 Å². The van der Waals surface area contributed by atoms with E-state index in [9.17, 15) is 9.90 Å². The van der Waals surface area contributed by atoms with Crippen molar-refractivity contribution in [3.63, 3.8) is 0 Å². The zero-order valence-electron chi connectivity index (χ0n) is 10.7. The van der Waals surface area contributed by atoms with Crippen LogP contribution in [0.2, 0.25) is 0 Å². The molecule has 6 heteroatoms. The summed E-state index contributed by atoms with van der Waals surface area (Å²) in [7, 11) is 0. The number of hydrogen-bond acceptors (Lipinski definition) is 4. The Balaban J connectivity index is 2.66. The molecule has 0 heterocycles. The molecule has 5 nitrogen and oxygen atoms in total. The molecule has 3 N–H and O–H groups in total. The first-order valence-corrected chi connectivity index (χ1v) is 6.84. The lowest BCUT2D eigenvalue weighted by atomic mass is 10.1. The van der Waals surface area contributed by atoms with Gasteiger partial charge in [0.05, 0.1) is 4.47 Å². The van der Waals surface area contributed by atoms with E-state index in [0.29, 0.717) is 11.0 Å². The monoisotopic (exact) mass is 328 g/mol. The van der Waals surface area contributed by atoms with Crippen molar-refractivity contribution in [2.24, 2.45) is 5.16 Å². The summed E-state index contributed by atoms with van der Waals surface area (Å²) in [5.74, 6) is -0.251. The predicted molar refractivity (Wildman–Crippen MR) is 76.7 cm³/mol. The van der Waals surface area contributed by atoms with Crippen LogP contribution in [0, 0.1) is 0 Å². The number of nitrogens with zero attached hydrogens (tertiary/aromatic N) is 1. The molecule has 0 fully saturated rings. The molecule has 0 aliphatic rings. The van der Waals surface area contributed by atoms with Gasteiger partial charge in [-0.05, 0) is 40.0 Å². The molecule has 1 amide bonds. The summed E-state index contributed by atoms with van der Waals surface area (Å²) in [6, 6.07) is 4.87. The predicted octanol–water partition coefficient (Wildman–Crippen LogP) is 2.44. The van der Waals surface area contributed by atoms with Gasteiger partial charge in [-0.25, -0.2) is 0 Å². The first-order chi connectivity index (χ1) is 9.08. The van der Waals surface area contributed by atoms with Crippen LogP contribution in [0.15, 0.2) is 27.8 Å². The van der Waals surface area contributed by atoms with Gasteiger partial charge in [-0.3, -0.25) is 4.79 Å². The smallest absolute Gasteiger partial charge is 0.269 e. The van der Waals surface area contributed by atoms with Gasteiger partial charge in [0.1, 0.15) is 11.5 Å². The Hall–Kier alpha value is -1.56. The Morgan fingerprint density at radius 1 is 1.47 bits per heavy atom. The van der Waals surface area contributed by atoms with E-state index in [2.05, 4.69) is 26.4 Å². The zero-order chi connectivity index (χ0) is 14.3. The van der Waals surface area contributed by atoms with Crippen molar-refractivity contribution in [1.29, 1.82) is 0 Å². The minimum atomic E-state index is -0.375. The molecule has 0 spiro atoms. The molecule has 0 aliphatic carbocycles. The van der Waals surface area contributed by atoms with Crippen LogP contribution in [-0.2, 0) is 11.2 Å². The van der Waals surface area contributed by atoms with Gasteiger partial charge in [-0.15, -0.1) is 0 Å². The minimum absolute atomic E-state index is 0.0497. The largest absolute Gasteiger partial charge is 0.507 e. The third-order valence-electron chi connectivity index (χ3n) is 2.58. The molecular formula is C13H17BrN2O3. The summed E-state index contributed by atoms with van der Waals surface area (Å²) in [6.07, 6.45) is 2.07. The standard InChI is InChI=1S/C13H17BrN2O3/c1-2-3-6-15-13(18)11(16-19)8-9-4-5-12(17)10(14)7-9/h4-5,7,17,19H,2-3,6,8H2,1H3,(H,15,18)/b16-11+. The summed E-state index contributed by atoms with van der Waals surface area (Å²) < 4.78 is 0.536. The highest BCUT2D eigenvalue weighted by molar-refractivity contribution is 9.10. The van der Waals surface area contributed by atoms with Gasteiger partial charge in [0.25, 0.3) is 5.91 Å². The van der Waals surface area contributed by atoms with E-state index in [1.807, 2.05) is 6.92 Å². The Labute approximate surface area is 120 Å². The molecular weight excluding hydrogens is 312 g/mol. The van der Waals surface area contributed by atoms with Crippen molar-refractivity contribution in [2.75, 3.05) is 6.54 Å². The topological polar surface area (TPSA) is 81.9 Å². The summed E-state index contributed by atoms with van der Waals surface area (Å²) in [6.45, 7) is 2.59. The maximum atomic E-state index is 11.7. The highest BCUT2D eigenvalue weighted by atomic mass is 79.9. The second-order valence-electron chi connectivity index (χ2n) is 4.12. The fraction of sp³-hybridized carbons (Fsp3) is 0.385. The summed E-state index contributed by atoms with van der Waals surface area (Å²) >= 11 is 3.19. The van der Waals surface area contributed by atoms with Crippen molar-refractivity contribution in [3.8, 4) is 5.75 Å². The normalized spacial score (nSPS) is 11.4. The highest BCUT2D eigenvalue weighted by Crippen LogP contribution is 2.24. The van der Waals surface area contributed by atoms with Crippen molar-refractivity contribution in [3.05, 3.63) is 28.2 Å². The van der Waals surface area contributed by atoms with Crippen molar-refractivity contribution < 1.29 is 15.1 Å². The molecule has 1 aromatic rings. The van der Waals surface area contributed by atoms with E-state index >= 15 is 0 Å². The molecule has 104 valence electrons. The van der Waals surface area contributed by atoms with Gasteiger partial charge < -0.3 is 15.6 Å². The lowest BCUT2D eigenvalue weighted by Crippen LogP contribution is -2.33. The van der Waals surface area contributed by atoms with Crippen molar-refractivity contribution in [1.82, 2.24) is 5.32 Å². The average Bonchev–Trinajstić information content (AvgIpc) is 2.40. The Morgan fingerprint density at radius 2 is 2.21 bits per heavy atom. The Bertz CT molecular complexity index is 475. The second kappa shape index (κ2) is 7.78. The summed E-state index contributed by atoms with van der Waals surface area (Å²) in [5, 5.41) is 24.0. The lowest BCUT2D eigenvalue weighted by molar-refractivity contribution is -0.115. The molecule has 0 saturated heterocycles. The molecule has 1 rings (SSSR count). The van der Waals surface area contributed by atoms with Crippen LogP contribution in [0.5, 0.6) is 5.75 Å². The number of halogens is 1. The molecule has 0 bridgehead atoms. The van der Waals surface area contributed by atoms with E-state index in [4.69, 9.17) is 5.21 Å². The second-order valence-corrected chi connectivity index (χ2v) is 4.97. The lowest BCUT2D eigenvalue weighted by Gasteiger charge is -2.07. The minimum Gasteiger partial charge on any atom is -0.507 e. The fourth-order valence-corrected chi connectivity index (χ4v) is 1.92. The highest BCUT2D eigenvalue weighted by Gasteiger charge is 2.13. The molecule has 19 heavy (non-hydrogen) atoms. The third kappa shape index (κ3) is 4.90. The maximum Gasteiger partial charge on any atom is 0.269 e. The van der Waals surface area contributed by atoms with Gasteiger partial charge in [0, 0.05) is 13.0 Å². The SMILES string of the molecule is CCCCNC(=O)/C(Cc1ccc(O)c(Br)c1)=N/O. The molecule has 0 saturated carbocycles. The maximum absolute atomic E-state index is 11.7. The number of benzene rings is 1. The number of hydrogen-bond donors (Lipinski definition) is 3. The molecule has 0 atom stereocenters. The van der Waals surface area contributed by atoms with E-state index in [0.717, 1.165) is 18.4 Å².